The van der Waals surface area contributed by atoms with Gasteiger partial charge in [0.05, 0.1) is 22.8 Å². The van der Waals surface area contributed by atoms with Gasteiger partial charge in [-0.2, -0.15) is 5.10 Å². The SMILES string of the molecule is CCn1c(Cc2ccccc2)nnc1SCC(=O)Nc1c(C)nn(C)c1C. The van der Waals surface area contributed by atoms with Gasteiger partial charge in [-0.15, -0.1) is 10.2 Å². The molecule has 0 unspecified atom stereocenters. The Morgan fingerprint density at radius 2 is 1.93 bits per heavy atom. The van der Waals surface area contributed by atoms with Crippen molar-refractivity contribution in [1.82, 2.24) is 24.5 Å². The zero-order valence-corrected chi connectivity index (χ0v) is 16.9. The Bertz CT molecular complexity index is 931. The van der Waals surface area contributed by atoms with Gasteiger partial charge in [0.1, 0.15) is 5.82 Å². The van der Waals surface area contributed by atoms with Crippen molar-refractivity contribution in [1.29, 1.82) is 0 Å². The molecule has 3 rings (SSSR count). The summed E-state index contributed by atoms with van der Waals surface area (Å²) in [4.78, 5) is 12.4. The molecule has 0 aliphatic rings. The van der Waals surface area contributed by atoms with Crippen LogP contribution < -0.4 is 5.32 Å². The van der Waals surface area contributed by atoms with Crippen LogP contribution in [0.4, 0.5) is 5.69 Å². The van der Waals surface area contributed by atoms with Crippen LogP contribution in [0.25, 0.3) is 0 Å². The number of benzene rings is 1. The molecule has 0 aliphatic carbocycles. The molecule has 1 N–H and O–H groups in total. The molecule has 2 aromatic heterocycles. The van der Waals surface area contributed by atoms with Crippen LogP contribution in [-0.4, -0.2) is 36.2 Å². The summed E-state index contributed by atoms with van der Waals surface area (Å²) in [7, 11) is 1.87. The van der Waals surface area contributed by atoms with Crippen molar-refractivity contribution in [2.24, 2.45) is 7.05 Å². The van der Waals surface area contributed by atoms with Crippen molar-refractivity contribution in [3.8, 4) is 0 Å². The molecule has 27 heavy (non-hydrogen) atoms. The van der Waals surface area contributed by atoms with Gasteiger partial charge >= 0.3 is 0 Å². The predicted molar refractivity (Wildman–Crippen MR) is 107 cm³/mol. The second kappa shape index (κ2) is 8.39. The normalized spacial score (nSPS) is 11.0. The molecule has 8 heteroatoms. The summed E-state index contributed by atoms with van der Waals surface area (Å²) in [5, 5.41) is 16.6. The topological polar surface area (TPSA) is 77.6 Å². The molecule has 0 spiro atoms. The van der Waals surface area contributed by atoms with Crippen LogP contribution in [0.1, 0.15) is 29.7 Å². The van der Waals surface area contributed by atoms with E-state index in [-0.39, 0.29) is 11.7 Å². The molecule has 7 nitrogen and oxygen atoms in total. The lowest BCUT2D eigenvalue weighted by atomic mass is 10.1. The van der Waals surface area contributed by atoms with Gasteiger partial charge in [-0.3, -0.25) is 9.48 Å². The van der Waals surface area contributed by atoms with Crippen molar-refractivity contribution in [2.45, 2.75) is 38.9 Å². The molecular weight excluding hydrogens is 360 g/mol. The number of nitrogens with one attached hydrogen (secondary N) is 1. The van der Waals surface area contributed by atoms with Gasteiger partial charge < -0.3 is 9.88 Å². The fraction of sp³-hybridized carbons (Fsp3) is 0.368. The Kier molecular flexibility index (Phi) is 5.95. The van der Waals surface area contributed by atoms with Gasteiger partial charge in [0.25, 0.3) is 0 Å². The number of anilines is 1. The Labute approximate surface area is 163 Å². The first-order valence-corrected chi connectivity index (χ1v) is 9.87. The van der Waals surface area contributed by atoms with Crippen LogP contribution in [0.5, 0.6) is 0 Å². The molecular formula is C19H24N6OS. The summed E-state index contributed by atoms with van der Waals surface area (Å²) < 4.78 is 3.83. The molecule has 1 amide bonds. The minimum atomic E-state index is -0.0746. The van der Waals surface area contributed by atoms with Crippen LogP contribution in [0, 0.1) is 13.8 Å². The van der Waals surface area contributed by atoms with Crippen LogP contribution in [-0.2, 0) is 24.8 Å². The summed E-state index contributed by atoms with van der Waals surface area (Å²) in [6, 6.07) is 10.2. The number of hydrogen-bond acceptors (Lipinski definition) is 5. The number of aromatic nitrogens is 5. The van der Waals surface area contributed by atoms with Gasteiger partial charge in [-0.1, -0.05) is 42.1 Å². The maximum Gasteiger partial charge on any atom is 0.234 e. The molecule has 0 radical (unpaired) electrons. The Morgan fingerprint density at radius 3 is 2.56 bits per heavy atom. The molecule has 2 heterocycles. The molecule has 0 bridgehead atoms. The first-order valence-electron chi connectivity index (χ1n) is 8.88. The molecule has 142 valence electrons. The van der Waals surface area contributed by atoms with Crippen molar-refractivity contribution in [3.63, 3.8) is 0 Å². The van der Waals surface area contributed by atoms with E-state index in [4.69, 9.17) is 0 Å². The second-order valence-corrected chi connectivity index (χ2v) is 7.25. The summed E-state index contributed by atoms with van der Waals surface area (Å²) in [6.45, 7) is 6.65. The van der Waals surface area contributed by atoms with Gasteiger partial charge in [0.15, 0.2) is 5.16 Å². The Hall–Kier alpha value is -2.61. The maximum absolute atomic E-state index is 12.4. The number of nitrogens with zero attached hydrogens (tertiary/aromatic N) is 5. The zero-order chi connectivity index (χ0) is 19.4. The maximum atomic E-state index is 12.4. The van der Waals surface area contributed by atoms with Crippen molar-refractivity contribution in [2.75, 3.05) is 11.1 Å². The lowest BCUT2D eigenvalue weighted by Crippen LogP contribution is -2.16. The van der Waals surface area contributed by atoms with E-state index in [9.17, 15) is 4.79 Å². The van der Waals surface area contributed by atoms with Gasteiger partial charge in [0, 0.05) is 20.0 Å². The Balaban J connectivity index is 1.64. The van der Waals surface area contributed by atoms with Crippen LogP contribution in [0.15, 0.2) is 35.5 Å². The van der Waals surface area contributed by atoms with Gasteiger partial charge in [0.2, 0.25) is 5.91 Å². The average molecular weight is 385 g/mol. The highest BCUT2D eigenvalue weighted by molar-refractivity contribution is 7.99. The number of carbonyl (C=O) groups excluding carboxylic acids is 1. The van der Waals surface area contributed by atoms with Crippen molar-refractivity contribution < 1.29 is 4.79 Å². The van der Waals surface area contributed by atoms with E-state index in [1.165, 1.54) is 17.3 Å². The van der Waals surface area contributed by atoms with Gasteiger partial charge in [-0.05, 0) is 26.3 Å². The third-order valence-electron chi connectivity index (χ3n) is 4.42. The highest BCUT2D eigenvalue weighted by Gasteiger charge is 2.16. The van der Waals surface area contributed by atoms with Crippen LogP contribution in [0.3, 0.4) is 0 Å². The van der Waals surface area contributed by atoms with E-state index in [1.807, 2.05) is 39.1 Å². The lowest BCUT2D eigenvalue weighted by molar-refractivity contribution is -0.113. The van der Waals surface area contributed by atoms with E-state index >= 15 is 0 Å². The average Bonchev–Trinajstić information content (AvgIpc) is 3.15. The van der Waals surface area contributed by atoms with E-state index in [0.29, 0.717) is 0 Å². The van der Waals surface area contributed by atoms with E-state index in [2.05, 4.69) is 44.2 Å². The highest BCUT2D eigenvalue weighted by Crippen LogP contribution is 2.21. The molecule has 0 saturated heterocycles. The highest BCUT2D eigenvalue weighted by atomic mass is 32.2. The third kappa shape index (κ3) is 4.39. The molecule has 0 atom stereocenters. The first kappa shape index (κ1) is 19.2. The summed E-state index contributed by atoms with van der Waals surface area (Å²) >= 11 is 1.40. The number of rotatable bonds is 7. The molecule has 0 aliphatic heterocycles. The number of aryl methyl sites for hydroxylation is 2. The fourth-order valence-corrected chi connectivity index (χ4v) is 3.73. The number of amides is 1. The lowest BCUT2D eigenvalue weighted by Gasteiger charge is -2.08. The van der Waals surface area contributed by atoms with E-state index < -0.39 is 0 Å². The quantitative estimate of drug-likeness (QED) is 0.634. The third-order valence-corrected chi connectivity index (χ3v) is 5.39. The van der Waals surface area contributed by atoms with E-state index in [0.717, 1.165) is 41.0 Å². The monoisotopic (exact) mass is 384 g/mol. The smallest absolute Gasteiger partial charge is 0.234 e. The summed E-state index contributed by atoms with van der Waals surface area (Å²) in [5.74, 6) is 1.11. The minimum absolute atomic E-state index is 0.0746. The molecule has 3 aromatic rings. The number of hydrogen-bond donors (Lipinski definition) is 1. The Morgan fingerprint density at radius 1 is 1.19 bits per heavy atom. The number of carbonyl (C=O) groups is 1. The zero-order valence-electron chi connectivity index (χ0n) is 16.1. The number of thioether (sulfide) groups is 1. The standard InChI is InChI=1S/C19H24N6OS/c1-5-25-16(11-15-9-7-6-8-10-15)21-22-19(25)27-12-17(26)20-18-13(2)23-24(4)14(18)3/h6-10H,5,11-12H2,1-4H3,(H,20,26). The van der Waals surface area contributed by atoms with Crippen molar-refractivity contribution >= 4 is 23.4 Å². The molecule has 0 saturated carbocycles. The van der Waals surface area contributed by atoms with Crippen molar-refractivity contribution in [3.05, 3.63) is 53.1 Å². The minimum Gasteiger partial charge on any atom is -0.322 e. The van der Waals surface area contributed by atoms with Crippen LogP contribution >= 0.6 is 11.8 Å². The molecule has 1 aromatic carbocycles. The summed E-state index contributed by atoms with van der Waals surface area (Å²) in [5.41, 5.74) is 3.73. The summed E-state index contributed by atoms with van der Waals surface area (Å²) in [6.07, 6.45) is 0.725. The van der Waals surface area contributed by atoms with Crippen LogP contribution in [0.2, 0.25) is 0 Å². The van der Waals surface area contributed by atoms with E-state index in [1.54, 1.807) is 4.68 Å². The van der Waals surface area contributed by atoms with Gasteiger partial charge in [-0.25, -0.2) is 0 Å². The second-order valence-electron chi connectivity index (χ2n) is 6.31. The fourth-order valence-electron chi connectivity index (χ4n) is 2.91. The first-order chi connectivity index (χ1) is 13.0. The predicted octanol–water partition coefficient (Wildman–Crippen LogP) is 2.97. The largest absolute Gasteiger partial charge is 0.322 e. The molecule has 0 fully saturated rings.